The Morgan fingerprint density at radius 2 is 2.16 bits per heavy atom. The van der Waals surface area contributed by atoms with Crippen LogP contribution < -0.4 is 5.32 Å². The van der Waals surface area contributed by atoms with Gasteiger partial charge in [-0.1, -0.05) is 35.0 Å². The minimum Gasteiger partial charge on any atom is -0.393 e. The lowest BCUT2D eigenvalue weighted by molar-refractivity contribution is -0.125. The number of aliphatic hydroxyl groups excluding tert-OH is 1. The summed E-state index contributed by atoms with van der Waals surface area (Å²) in [4.78, 5) is 12.2. The summed E-state index contributed by atoms with van der Waals surface area (Å²) < 4.78 is 0.965. The van der Waals surface area contributed by atoms with Gasteiger partial charge in [-0.2, -0.15) is 0 Å². The minimum atomic E-state index is -0.582. The molecule has 0 aliphatic rings. The van der Waals surface area contributed by atoms with Crippen molar-refractivity contribution in [2.24, 2.45) is 0 Å². The van der Waals surface area contributed by atoms with Crippen molar-refractivity contribution < 1.29 is 9.90 Å². The molecule has 0 heterocycles. The number of halogens is 1. The Bertz CT molecular complexity index is 432. The molecule has 3 nitrogen and oxygen atoms in total. The van der Waals surface area contributed by atoms with Crippen LogP contribution in [0, 0.1) is 0 Å². The Hall–Kier alpha value is -0.870. The molecular formula is C15H22BrNO2. The van der Waals surface area contributed by atoms with Crippen molar-refractivity contribution in [2.45, 2.75) is 45.1 Å². The van der Waals surface area contributed by atoms with Crippen molar-refractivity contribution in [3.05, 3.63) is 34.3 Å². The molecule has 19 heavy (non-hydrogen) atoms. The molecule has 2 N–H and O–H groups in total. The molecule has 0 aliphatic carbocycles. The van der Waals surface area contributed by atoms with Crippen molar-refractivity contribution in [1.29, 1.82) is 0 Å². The summed E-state index contributed by atoms with van der Waals surface area (Å²) in [5.74, 6) is -0.0195. The molecule has 0 aliphatic heterocycles. The van der Waals surface area contributed by atoms with E-state index in [1.807, 2.05) is 45.0 Å². The van der Waals surface area contributed by atoms with Gasteiger partial charge < -0.3 is 10.4 Å². The molecular weight excluding hydrogens is 306 g/mol. The number of hydrogen-bond acceptors (Lipinski definition) is 2. The molecule has 1 atom stereocenters. The molecule has 1 rings (SSSR count). The summed E-state index contributed by atoms with van der Waals surface area (Å²) >= 11 is 3.42. The lowest BCUT2D eigenvalue weighted by atomic mass is 9.84. The zero-order chi connectivity index (χ0) is 14.5. The van der Waals surface area contributed by atoms with E-state index < -0.39 is 5.41 Å². The maximum absolute atomic E-state index is 12.2. The van der Waals surface area contributed by atoms with E-state index in [0.717, 1.165) is 10.0 Å². The highest BCUT2D eigenvalue weighted by atomic mass is 79.9. The van der Waals surface area contributed by atoms with E-state index in [0.29, 0.717) is 19.4 Å². The van der Waals surface area contributed by atoms with E-state index >= 15 is 0 Å². The van der Waals surface area contributed by atoms with Gasteiger partial charge in [-0.15, -0.1) is 0 Å². The number of benzene rings is 1. The Balaban J connectivity index is 2.64. The Morgan fingerprint density at radius 1 is 1.47 bits per heavy atom. The van der Waals surface area contributed by atoms with Crippen LogP contribution in [0.1, 0.15) is 39.2 Å². The van der Waals surface area contributed by atoms with Crippen LogP contribution in [0.25, 0.3) is 0 Å². The van der Waals surface area contributed by atoms with E-state index in [9.17, 15) is 9.90 Å². The smallest absolute Gasteiger partial charge is 0.230 e. The molecule has 0 spiro atoms. The topological polar surface area (TPSA) is 49.3 Å². The van der Waals surface area contributed by atoms with E-state index in [2.05, 4.69) is 21.2 Å². The summed E-state index contributed by atoms with van der Waals surface area (Å²) in [5.41, 5.74) is 0.386. The zero-order valence-corrected chi connectivity index (χ0v) is 13.3. The molecule has 0 bridgehead atoms. The second-order valence-electron chi connectivity index (χ2n) is 5.24. The van der Waals surface area contributed by atoms with E-state index in [1.165, 1.54) is 0 Å². The van der Waals surface area contributed by atoms with E-state index in [4.69, 9.17) is 0 Å². The number of amides is 1. The number of carbonyl (C=O) groups is 1. The van der Waals surface area contributed by atoms with Crippen LogP contribution in [0.2, 0.25) is 0 Å². The standard InChI is InChI=1S/C15H22BrNO2/c1-4-13(18)8-9-17-14(19)15(2,3)11-6-5-7-12(16)10-11/h5-7,10,13,18H,4,8-9H2,1-3H3,(H,17,19). The molecule has 0 fully saturated rings. The molecule has 1 aromatic carbocycles. The average Bonchev–Trinajstić information content (AvgIpc) is 2.38. The van der Waals surface area contributed by atoms with Gasteiger partial charge in [-0.05, 0) is 44.4 Å². The molecule has 0 radical (unpaired) electrons. The number of hydrogen-bond donors (Lipinski definition) is 2. The van der Waals surface area contributed by atoms with Crippen LogP contribution in [-0.4, -0.2) is 23.7 Å². The van der Waals surface area contributed by atoms with Gasteiger partial charge in [-0.3, -0.25) is 4.79 Å². The molecule has 1 amide bonds. The van der Waals surface area contributed by atoms with Gasteiger partial charge in [0.1, 0.15) is 0 Å². The highest BCUT2D eigenvalue weighted by Crippen LogP contribution is 2.25. The van der Waals surface area contributed by atoms with Crippen LogP contribution in [0.15, 0.2) is 28.7 Å². The second kappa shape index (κ2) is 7.06. The van der Waals surface area contributed by atoms with Crippen LogP contribution in [-0.2, 0) is 10.2 Å². The van der Waals surface area contributed by atoms with Crippen molar-refractivity contribution in [3.8, 4) is 0 Å². The van der Waals surface area contributed by atoms with Gasteiger partial charge in [0.25, 0.3) is 0 Å². The minimum absolute atomic E-state index is 0.0195. The monoisotopic (exact) mass is 327 g/mol. The summed E-state index contributed by atoms with van der Waals surface area (Å²) in [5, 5.41) is 12.4. The average molecular weight is 328 g/mol. The van der Waals surface area contributed by atoms with E-state index in [-0.39, 0.29) is 12.0 Å². The van der Waals surface area contributed by atoms with Crippen molar-refractivity contribution >= 4 is 21.8 Å². The predicted octanol–water partition coefficient (Wildman–Crippen LogP) is 3.00. The van der Waals surface area contributed by atoms with E-state index in [1.54, 1.807) is 0 Å². The largest absolute Gasteiger partial charge is 0.393 e. The highest BCUT2D eigenvalue weighted by Gasteiger charge is 2.29. The van der Waals surface area contributed by atoms with Gasteiger partial charge in [0.15, 0.2) is 0 Å². The first-order valence-corrected chi connectivity index (χ1v) is 7.39. The summed E-state index contributed by atoms with van der Waals surface area (Å²) in [6.45, 7) is 6.24. The molecule has 0 aromatic heterocycles. The lowest BCUT2D eigenvalue weighted by Crippen LogP contribution is -2.41. The third-order valence-corrected chi connectivity index (χ3v) is 3.84. The van der Waals surface area contributed by atoms with Gasteiger partial charge in [-0.25, -0.2) is 0 Å². The van der Waals surface area contributed by atoms with Crippen LogP contribution in [0.3, 0.4) is 0 Å². The number of aliphatic hydroxyl groups is 1. The third-order valence-electron chi connectivity index (χ3n) is 3.35. The number of carbonyl (C=O) groups excluding carboxylic acids is 1. The second-order valence-corrected chi connectivity index (χ2v) is 6.16. The van der Waals surface area contributed by atoms with Crippen molar-refractivity contribution in [3.63, 3.8) is 0 Å². The molecule has 4 heteroatoms. The fourth-order valence-corrected chi connectivity index (χ4v) is 2.18. The molecule has 0 saturated carbocycles. The number of nitrogens with one attached hydrogen (secondary N) is 1. The first-order chi connectivity index (χ1) is 8.87. The Morgan fingerprint density at radius 3 is 2.74 bits per heavy atom. The molecule has 1 aromatic rings. The van der Waals surface area contributed by atoms with Crippen LogP contribution in [0.4, 0.5) is 0 Å². The van der Waals surface area contributed by atoms with Crippen molar-refractivity contribution in [2.75, 3.05) is 6.54 Å². The fourth-order valence-electron chi connectivity index (χ4n) is 1.79. The fraction of sp³-hybridized carbons (Fsp3) is 0.533. The Kier molecular flexibility index (Phi) is 6.01. The SMILES string of the molecule is CCC(O)CCNC(=O)C(C)(C)c1cccc(Br)c1. The first-order valence-electron chi connectivity index (χ1n) is 6.60. The maximum atomic E-state index is 12.2. The summed E-state index contributed by atoms with van der Waals surface area (Å²) in [6.07, 6.45) is 0.969. The molecule has 106 valence electrons. The van der Waals surface area contributed by atoms with Gasteiger partial charge in [0, 0.05) is 11.0 Å². The lowest BCUT2D eigenvalue weighted by Gasteiger charge is -2.24. The van der Waals surface area contributed by atoms with Gasteiger partial charge in [0.05, 0.1) is 11.5 Å². The highest BCUT2D eigenvalue weighted by molar-refractivity contribution is 9.10. The summed E-state index contributed by atoms with van der Waals surface area (Å²) in [7, 11) is 0. The zero-order valence-electron chi connectivity index (χ0n) is 11.7. The predicted molar refractivity (Wildman–Crippen MR) is 81.1 cm³/mol. The van der Waals surface area contributed by atoms with Gasteiger partial charge >= 0.3 is 0 Å². The number of rotatable bonds is 6. The third kappa shape index (κ3) is 4.62. The van der Waals surface area contributed by atoms with Gasteiger partial charge in [0.2, 0.25) is 5.91 Å². The quantitative estimate of drug-likeness (QED) is 0.843. The Labute approximate surface area is 123 Å². The van der Waals surface area contributed by atoms with Crippen molar-refractivity contribution in [1.82, 2.24) is 5.32 Å². The normalized spacial score (nSPS) is 13.1. The summed E-state index contributed by atoms with van der Waals surface area (Å²) in [6, 6.07) is 7.77. The van der Waals surface area contributed by atoms with Crippen LogP contribution >= 0.6 is 15.9 Å². The molecule has 1 unspecified atom stereocenters. The maximum Gasteiger partial charge on any atom is 0.230 e. The van der Waals surface area contributed by atoms with Crippen LogP contribution in [0.5, 0.6) is 0 Å². The first kappa shape index (κ1) is 16.2. The molecule has 0 saturated heterocycles.